The van der Waals surface area contributed by atoms with E-state index in [2.05, 4.69) is 16.0 Å². The van der Waals surface area contributed by atoms with Crippen LogP contribution in [0.5, 0.6) is 0 Å². The van der Waals surface area contributed by atoms with Crippen LogP contribution in [-0.4, -0.2) is 23.9 Å². The lowest BCUT2D eigenvalue weighted by atomic mass is 9.62. The standard InChI is InChI=1S/C30H26Cl2F2N4O2/c1-29(2,3)13-22-30(24-20(33)11-16(31)12-21(24)37-28(30)40)23(18-5-4-6-19(32)25(18)34)26(38-22)27(39)36-17-9-7-15(14-35)8-10-17/h4-12,22-23,26,38H,13H2,1-3H3,(H,36,39)(H,37,40)/t22-,23-,26+,30+/m0/s1. The van der Waals surface area contributed by atoms with E-state index in [1.807, 2.05) is 26.8 Å². The molecule has 3 aromatic rings. The second-order valence-electron chi connectivity index (χ2n) is 11.4. The summed E-state index contributed by atoms with van der Waals surface area (Å²) < 4.78 is 31.7. The summed E-state index contributed by atoms with van der Waals surface area (Å²) in [6, 6.07) is 13.3. The van der Waals surface area contributed by atoms with Gasteiger partial charge in [-0.2, -0.15) is 5.26 Å². The minimum absolute atomic E-state index is 0.00809. The SMILES string of the molecule is CC(C)(C)C[C@@H]1N[C@@H](C(=O)Nc2ccc(C#N)cc2)[C@H](c2cccc(Cl)c2F)[C@]12C(=O)Nc1cc(Cl)cc(F)c12. The van der Waals surface area contributed by atoms with Gasteiger partial charge in [-0.25, -0.2) is 8.78 Å². The van der Waals surface area contributed by atoms with Crippen molar-refractivity contribution in [2.24, 2.45) is 5.41 Å². The zero-order chi connectivity index (χ0) is 29.0. The van der Waals surface area contributed by atoms with Gasteiger partial charge in [-0.1, -0.05) is 56.1 Å². The molecule has 4 atom stereocenters. The molecule has 6 nitrogen and oxygen atoms in total. The third-order valence-electron chi connectivity index (χ3n) is 7.54. The van der Waals surface area contributed by atoms with Gasteiger partial charge in [0, 0.05) is 33.9 Å². The van der Waals surface area contributed by atoms with Crippen LogP contribution < -0.4 is 16.0 Å². The Balaban J connectivity index is 1.74. The van der Waals surface area contributed by atoms with Crippen LogP contribution in [-0.2, 0) is 15.0 Å². The van der Waals surface area contributed by atoms with Gasteiger partial charge in [-0.05, 0) is 59.9 Å². The van der Waals surface area contributed by atoms with Gasteiger partial charge < -0.3 is 16.0 Å². The number of anilines is 2. The molecule has 1 saturated heterocycles. The van der Waals surface area contributed by atoms with Crippen molar-refractivity contribution in [2.45, 2.75) is 50.6 Å². The van der Waals surface area contributed by atoms with Crippen molar-refractivity contribution in [3.8, 4) is 6.07 Å². The normalized spacial score (nSPS) is 23.6. The summed E-state index contributed by atoms with van der Waals surface area (Å²) in [7, 11) is 0. The first-order chi connectivity index (χ1) is 18.9. The zero-order valence-electron chi connectivity index (χ0n) is 21.9. The van der Waals surface area contributed by atoms with Crippen LogP contribution in [0.1, 0.15) is 49.8 Å². The second kappa shape index (κ2) is 10.2. The summed E-state index contributed by atoms with van der Waals surface area (Å²) in [4.78, 5) is 28.0. The molecular weight excluding hydrogens is 557 g/mol. The van der Waals surface area contributed by atoms with E-state index in [1.165, 1.54) is 24.3 Å². The van der Waals surface area contributed by atoms with Gasteiger partial charge in [0.1, 0.15) is 17.0 Å². The fourth-order valence-electron chi connectivity index (χ4n) is 6.08. The Bertz CT molecular complexity index is 1570. The summed E-state index contributed by atoms with van der Waals surface area (Å²) in [5.74, 6) is -3.83. The Morgan fingerprint density at radius 1 is 1.12 bits per heavy atom. The van der Waals surface area contributed by atoms with Crippen LogP contribution in [0.15, 0.2) is 54.6 Å². The van der Waals surface area contributed by atoms with Crippen molar-refractivity contribution in [1.29, 1.82) is 5.26 Å². The van der Waals surface area contributed by atoms with E-state index in [1.54, 1.807) is 24.3 Å². The molecule has 1 spiro atoms. The summed E-state index contributed by atoms with van der Waals surface area (Å²) in [5.41, 5.74) is -1.05. The fourth-order valence-corrected chi connectivity index (χ4v) is 6.46. The molecule has 1 fully saturated rings. The number of hydrogen-bond donors (Lipinski definition) is 3. The molecule has 2 amide bonds. The first-order valence-electron chi connectivity index (χ1n) is 12.7. The van der Waals surface area contributed by atoms with Crippen molar-refractivity contribution in [2.75, 3.05) is 10.6 Å². The molecule has 2 aliphatic rings. The largest absolute Gasteiger partial charge is 0.325 e. The maximum atomic E-state index is 15.9. The highest BCUT2D eigenvalue weighted by molar-refractivity contribution is 6.31. The number of amides is 2. The van der Waals surface area contributed by atoms with Gasteiger partial charge in [0.15, 0.2) is 0 Å². The Kier molecular flexibility index (Phi) is 7.11. The highest BCUT2D eigenvalue weighted by atomic mass is 35.5. The average Bonchev–Trinajstić information content (AvgIpc) is 3.35. The van der Waals surface area contributed by atoms with Crippen molar-refractivity contribution in [3.05, 3.63) is 93.0 Å². The minimum Gasteiger partial charge on any atom is -0.325 e. The molecule has 0 radical (unpaired) electrons. The topological polar surface area (TPSA) is 94.0 Å². The van der Waals surface area contributed by atoms with Crippen LogP contribution in [0.25, 0.3) is 0 Å². The Morgan fingerprint density at radius 2 is 1.82 bits per heavy atom. The molecule has 10 heteroatoms. The molecule has 0 saturated carbocycles. The van der Waals surface area contributed by atoms with E-state index in [-0.39, 0.29) is 32.3 Å². The van der Waals surface area contributed by atoms with E-state index in [9.17, 15) is 9.59 Å². The van der Waals surface area contributed by atoms with Gasteiger partial charge in [0.05, 0.1) is 22.7 Å². The molecule has 3 aromatic carbocycles. The van der Waals surface area contributed by atoms with Gasteiger partial charge in [0.2, 0.25) is 11.8 Å². The zero-order valence-corrected chi connectivity index (χ0v) is 23.4. The molecular formula is C30H26Cl2F2N4O2. The number of nitrogens with zero attached hydrogens (tertiary/aromatic N) is 1. The number of carbonyl (C=O) groups is 2. The maximum absolute atomic E-state index is 15.9. The van der Waals surface area contributed by atoms with Crippen molar-refractivity contribution in [3.63, 3.8) is 0 Å². The highest BCUT2D eigenvalue weighted by Gasteiger charge is 2.67. The predicted molar refractivity (Wildman–Crippen MR) is 150 cm³/mol. The van der Waals surface area contributed by atoms with Gasteiger partial charge >= 0.3 is 0 Å². The molecule has 206 valence electrons. The van der Waals surface area contributed by atoms with Crippen molar-refractivity contribution < 1.29 is 18.4 Å². The lowest BCUT2D eigenvalue weighted by Gasteiger charge is -2.37. The average molecular weight is 583 g/mol. The lowest BCUT2D eigenvalue weighted by Crippen LogP contribution is -2.50. The summed E-state index contributed by atoms with van der Waals surface area (Å²) >= 11 is 12.3. The van der Waals surface area contributed by atoms with E-state index >= 15 is 8.78 Å². The number of carbonyl (C=O) groups excluding carboxylic acids is 2. The Morgan fingerprint density at radius 3 is 2.48 bits per heavy atom. The molecule has 0 aromatic heterocycles. The number of fused-ring (bicyclic) bond motifs is 2. The van der Waals surface area contributed by atoms with Gasteiger partial charge in [-0.15, -0.1) is 0 Å². The number of nitriles is 1. The van der Waals surface area contributed by atoms with E-state index in [4.69, 9.17) is 28.5 Å². The molecule has 5 rings (SSSR count). The number of rotatable bonds is 4. The Hall–Kier alpha value is -3.51. The fraction of sp³-hybridized carbons (Fsp3) is 0.300. The summed E-state index contributed by atoms with van der Waals surface area (Å²) in [5, 5.41) is 17.9. The molecule has 2 aliphatic heterocycles. The molecule has 0 unspecified atom stereocenters. The molecule has 0 bridgehead atoms. The predicted octanol–water partition coefficient (Wildman–Crippen LogP) is 6.53. The second-order valence-corrected chi connectivity index (χ2v) is 12.2. The first kappa shape index (κ1) is 28.0. The van der Waals surface area contributed by atoms with E-state index in [0.29, 0.717) is 17.7 Å². The smallest absolute Gasteiger partial charge is 0.242 e. The molecule has 2 heterocycles. The summed E-state index contributed by atoms with van der Waals surface area (Å²) in [6.07, 6.45) is 0.348. The van der Waals surface area contributed by atoms with Crippen LogP contribution >= 0.6 is 23.2 Å². The highest BCUT2D eigenvalue weighted by Crippen LogP contribution is 2.58. The molecule has 40 heavy (non-hydrogen) atoms. The first-order valence-corrected chi connectivity index (χ1v) is 13.4. The Labute approximate surface area is 240 Å². The van der Waals surface area contributed by atoms with Crippen LogP contribution in [0.3, 0.4) is 0 Å². The third kappa shape index (κ3) is 4.62. The number of nitrogens with one attached hydrogen (secondary N) is 3. The summed E-state index contributed by atoms with van der Waals surface area (Å²) in [6.45, 7) is 5.90. The third-order valence-corrected chi connectivity index (χ3v) is 8.05. The van der Waals surface area contributed by atoms with Crippen LogP contribution in [0.2, 0.25) is 10.0 Å². The number of hydrogen-bond acceptors (Lipinski definition) is 4. The van der Waals surface area contributed by atoms with Crippen molar-refractivity contribution >= 4 is 46.4 Å². The van der Waals surface area contributed by atoms with Crippen molar-refractivity contribution in [1.82, 2.24) is 5.32 Å². The lowest BCUT2D eigenvalue weighted by molar-refractivity contribution is -0.122. The molecule has 0 aliphatic carbocycles. The van der Waals surface area contributed by atoms with Gasteiger partial charge in [-0.3, -0.25) is 9.59 Å². The minimum atomic E-state index is -1.71. The molecule has 3 N–H and O–H groups in total. The maximum Gasteiger partial charge on any atom is 0.242 e. The van der Waals surface area contributed by atoms with Crippen LogP contribution in [0, 0.1) is 28.4 Å². The van der Waals surface area contributed by atoms with E-state index in [0.717, 1.165) is 6.07 Å². The van der Waals surface area contributed by atoms with E-state index < -0.39 is 46.9 Å². The quantitative estimate of drug-likeness (QED) is 0.326. The number of benzene rings is 3. The van der Waals surface area contributed by atoms with Gasteiger partial charge in [0.25, 0.3) is 0 Å². The number of halogens is 4. The van der Waals surface area contributed by atoms with Crippen LogP contribution in [0.4, 0.5) is 20.2 Å². The monoisotopic (exact) mass is 582 g/mol.